The van der Waals surface area contributed by atoms with Crippen LogP contribution < -0.4 is 32.9 Å². The number of hydrogen-bond acceptors (Lipinski definition) is 14. The Hall–Kier alpha value is -5.14. The van der Waals surface area contributed by atoms with Gasteiger partial charge in [-0.3, -0.25) is 23.7 Å². The van der Waals surface area contributed by atoms with Gasteiger partial charge in [-0.15, -0.1) is 11.8 Å². The number of nitrogen functional groups attached to an aromatic ring is 1. The molecule has 4 aliphatic rings. The summed E-state index contributed by atoms with van der Waals surface area (Å²) in [5.74, 6) is 2.22. The normalized spacial score (nSPS) is 21.7. The molecule has 0 unspecified atom stereocenters. The number of nitrogens with zero attached hydrogens (tertiary/aromatic N) is 6. The number of nitrogens with one attached hydrogen (secondary N) is 2. The Labute approximate surface area is 294 Å². The SMILES string of the molecule is Cc1ccnc2c1NC(=O)c1cccnc1N2C1CC1.Cc1cn([C@H]2C=C[C@@H](CO)O2)c(=O)[nH]c1=O.Nc1ccn([C@@H]2CS[C@H](CO)O2)c(=O)n1. The third-order valence-electron chi connectivity index (χ3n) is 8.23. The minimum absolute atomic E-state index is 0.0572. The Kier molecular flexibility index (Phi) is 10.8. The van der Waals surface area contributed by atoms with E-state index in [9.17, 15) is 19.2 Å². The van der Waals surface area contributed by atoms with Crippen molar-refractivity contribution >= 4 is 40.8 Å². The molecule has 1 aliphatic carbocycles. The highest BCUT2D eigenvalue weighted by molar-refractivity contribution is 8.00. The fourth-order valence-corrected chi connectivity index (χ4v) is 6.39. The van der Waals surface area contributed by atoms with Crippen molar-refractivity contribution in [3.63, 3.8) is 0 Å². The number of ether oxygens (including phenoxy) is 2. The highest BCUT2D eigenvalue weighted by Gasteiger charge is 2.38. The number of aliphatic hydroxyl groups excluding tert-OH is 2. The van der Waals surface area contributed by atoms with Crippen LogP contribution in [-0.4, -0.2) is 81.7 Å². The number of pyridine rings is 2. The van der Waals surface area contributed by atoms with Gasteiger partial charge >= 0.3 is 11.4 Å². The summed E-state index contributed by atoms with van der Waals surface area (Å²) in [7, 11) is 0. The lowest BCUT2D eigenvalue weighted by molar-refractivity contribution is -0.0104. The number of carbonyl (C=O) groups excluding carboxylic acids is 1. The van der Waals surface area contributed by atoms with E-state index in [4.69, 9.17) is 25.4 Å². The maximum absolute atomic E-state index is 12.4. The van der Waals surface area contributed by atoms with Crippen molar-refractivity contribution in [3.8, 4) is 0 Å². The number of fused-ring (bicyclic) bond motifs is 2. The van der Waals surface area contributed by atoms with Crippen molar-refractivity contribution in [1.82, 2.24) is 29.1 Å². The molecular formula is C33H37N9O8S. The smallest absolute Gasteiger partial charge is 0.351 e. The molecule has 1 saturated heterocycles. The number of aryl methyl sites for hydroxylation is 2. The molecule has 18 heteroatoms. The van der Waals surface area contributed by atoms with Crippen LogP contribution in [0.2, 0.25) is 0 Å². The summed E-state index contributed by atoms with van der Waals surface area (Å²) < 4.78 is 13.4. The first-order chi connectivity index (χ1) is 24.6. The van der Waals surface area contributed by atoms with Gasteiger partial charge < -0.3 is 35.6 Å². The molecule has 51 heavy (non-hydrogen) atoms. The number of rotatable bonds is 5. The first kappa shape index (κ1) is 35.7. The van der Waals surface area contributed by atoms with Gasteiger partial charge in [0, 0.05) is 42.1 Å². The van der Waals surface area contributed by atoms with Crippen LogP contribution in [0.15, 0.2) is 75.6 Å². The second kappa shape index (κ2) is 15.4. The molecule has 6 N–H and O–H groups in total. The van der Waals surface area contributed by atoms with Gasteiger partial charge in [-0.05, 0) is 62.6 Å². The second-order valence-electron chi connectivity index (χ2n) is 11.9. The maximum Gasteiger partial charge on any atom is 0.351 e. The number of hydrogen-bond donors (Lipinski definition) is 5. The zero-order valence-corrected chi connectivity index (χ0v) is 28.5. The van der Waals surface area contributed by atoms with Gasteiger partial charge in [0.15, 0.2) is 12.0 Å². The molecule has 0 bridgehead atoms. The molecule has 0 aromatic carbocycles. The largest absolute Gasteiger partial charge is 0.393 e. The summed E-state index contributed by atoms with van der Waals surface area (Å²) in [5.41, 5.74) is 6.60. The number of aliphatic hydroxyl groups is 2. The zero-order valence-electron chi connectivity index (χ0n) is 27.7. The number of H-pyrrole nitrogens is 1. The summed E-state index contributed by atoms with van der Waals surface area (Å²) >= 11 is 1.47. The van der Waals surface area contributed by atoms with Crippen LogP contribution in [0.4, 0.5) is 23.1 Å². The molecule has 4 aromatic heterocycles. The molecule has 4 aromatic rings. The average molecular weight is 720 g/mol. The van der Waals surface area contributed by atoms with Crippen molar-refractivity contribution in [3.05, 3.63) is 109 Å². The lowest BCUT2D eigenvalue weighted by Crippen LogP contribution is -2.33. The van der Waals surface area contributed by atoms with E-state index < -0.39 is 29.3 Å². The van der Waals surface area contributed by atoms with Crippen LogP contribution in [0.5, 0.6) is 0 Å². The third kappa shape index (κ3) is 7.94. The summed E-state index contributed by atoms with van der Waals surface area (Å²) in [5, 5.41) is 20.7. The first-order valence-corrected chi connectivity index (χ1v) is 17.1. The summed E-state index contributed by atoms with van der Waals surface area (Å²) in [6.45, 7) is 3.40. The van der Waals surface area contributed by atoms with E-state index >= 15 is 0 Å². The number of amides is 1. The summed E-state index contributed by atoms with van der Waals surface area (Å²) in [6, 6.07) is 7.45. The van der Waals surface area contributed by atoms with Crippen LogP contribution in [0.1, 0.15) is 46.8 Å². The number of aromatic amines is 1. The van der Waals surface area contributed by atoms with Gasteiger partial charge in [-0.25, -0.2) is 19.6 Å². The quantitative estimate of drug-likeness (QED) is 0.183. The molecule has 1 amide bonds. The Morgan fingerprint density at radius 1 is 0.961 bits per heavy atom. The molecule has 4 atom stereocenters. The van der Waals surface area contributed by atoms with E-state index in [2.05, 4.69) is 30.2 Å². The topological polar surface area (TPSA) is 233 Å². The number of thioether (sulfide) groups is 1. The van der Waals surface area contributed by atoms with Crippen molar-refractivity contribution < 1.29 is 24.5 Å². The predicted molar refractivity (Wildman–Crippen MR) is 189 cm³/mol. The van der Waals surface area contributed by atoms with Gasteiger partial charge in [0.05, 0.1) is 24.5 Å². The highest BCUT2D eigenvalue weighted by atomic mass is 32.2. The highest BCUT2D eigenvalue weighted by Crippen LogP contribution is 2.43. The Balaban J connectivity index is 0.000000134. The van der Waals surface area contributed by atoms with E-state index in [0.717, 1.165) is 29.9 Å². The van der Waals surface area contributed by atoms with Crippen LogP contribution in [0, 0.1) is 13.8 Å². The molecule has 268 valence electrons. The number of anilines is 4. The Bertz CT molecular complexity index is 2110. The van der Waals surface area contributed by atoms with Gasteiger partial charge in [-0.2, -0.15) is 4.98 Å². The van der Waals surface area contributed by atoms with Crippen LogP contribution in [-0.2, 0) is 9.47 Å². The minimum Gasteiger partial charge on any atom is -0.393 e. The van der Waals surface area contributed by atoms with Crippen molar-refractivity contribution in [1.29, 1.82) is 0 Å². The van der Waals surface area contributed by atoms with Crippen molar-refractivity contribution in [2.45, 2.75) is 56.7 Å². The standard InChI is InChI=1S/C15H14N4O.C10H12N2O4.C8H11N3O3S/c1-9-6-8-17-14-12(9)18-15(20)11-3-2-7-16-13(11)19(14)10-4-5-10;1-6-4-12(10(15)11-9(6)14)8-3-2-7(5-13)16-8;9-5-1-2-11(8(13)10-5)6-4-15-7(3-12)14-6/h2-3,6-8,10H,4-5H2,1H3,(H,18,20);2-4,7-8,13H,5H2,1H3,(H,11,14,15);1-2,6-7,12H,3-4H2,(H2,9,10,13)/t;7-,8+;6-,7+/m.00/s1. The molecule has 0 spiro atoms. The molecule has 7 heterocycles. The number of nitrogens with two attached hydrogens (primary N) is 1. The van der Waals surface area contributed by atoms with Gasteiger partial charge in [-0.1, -0.05) is 6.08 Å². The number of carbonyl (C=O) groups is 1. The average Bonchev–Trinajstić information content (AvgIpc) is 3.66. The van der Waals surface area contributed by atoms with E-state index in [-0.39, 0.29) is 36.6 Å². The van der Waals surface area contributed by atoms with E-state index in [1.165, 1.54) is 27.1 Å². The van der Waals surface area contributed by atoms with E-state index in [1.54, 1.807) is 49.8 Å². The van der Waals surface area contributed by atoms with E-state index in [0.29, 0.717) is 28.7 Å². The fraction of sp³-hybridized carbons (Fsp3) is 0.364. The zero-order chi connectivity index (χ0) is 36.2. The summed E-state index contributed by atoms with van der Waals surface area (Å²) in [4.78, 5) is 63.3. The predicted octanol–water partition coefficient (Wildman–Crippen LogP) is 1.35. The molecular weight excluding hydrogens is 682 g/mol. The fourth-order valence-electron chi connectivity index (χ4n) is 5.46. The minimum atomic E-state index is -0.569. The second-order valence-corrected chi connectivity index (χ2v) is 13.1. The molecule has 2 fully saturated rings. The van der Waals surface area contributed by atoms with Crippen molar-refractivity contribution in [2.75, 3.05) is 34.9 Å². The molecule has 8 rings (SSSR count). The maximum atomic E-state index is 12.4. The lowest BCUT2D eigenvalue weighted by atomic mass is 10.2. The monoisotopic (exact) mass is 719 g/mol. The van der Waals surface area contributed by atoms with Gasteiger partial charge in [0.1, 0.15) is 29.4 Å². The molecule has 1 saturated carbocycles. The summed E-state index contributed by atoms with van der Waals surface area (Å²) in [6.07, 6.45) is 10.7. The molecule has 3 aliphatic heterocycles. The van der Waals surface area contributed by atoms with Crippen LogP contribution in [0.25, 0.3) is 0 Å². The van der Waals surface area contributed by atoms with Crippen LogP contribution >= 0.6 is 11.8 Å². The number of aromatic nitrogens is 6. The first-order valence-electron chi connectivity index (χ1n) is 16.1. The lowest BCUT2D eigenvalue weighted by Gasteiger charge is -2.23. The van der Waals surface area contributed by atoms with E-state index in [1.807, 2.05) is 19.1 Å². The van der Waals surface area contributed by atoms with Gasteiger partial charge in [0.2, 0.25) is 0 Å². The molecule has 0 radical (unpaired) electrons. The third-order valence-corrected chi connectivity index (χ3v) is 9.34. The van der Waals surface area contributed by atoms with Crippen molar-refractivity contribution in [2.24, 2.45) is 0 Å². The van der Waals surface area contributed by atoms with Crippen LogP contribution in [0.3, 0.4) is 0 Å². The molecule has 17 nitrogen and oxygen atoms in total. The Morgan fingerprint density at radius 3 is 2.43 bits per heavy atom. The van der Waals surface area contributed by atoms with Gasteiger partial charge in [0.25, 0.3) is 11.5 Å². The Morgan fingerprint density at radius 2 is 1.75 bits per heavy atom.